The maximum absolute atomic E-state index is 12.5. The molecule has 6 nitrogen and oxygen atoms in total. The Morgan fingerprint density at radius 3 is 2.79 bits per heavy atom. The molecule has 1 saturated carbocycles. The highest BCUT2D eigenvalue weighted by Crippen LogP contribution is 2.35. The van der Waals surface area contributed by atoms with Crippen molar-refractivity contribution in [3.63, 3.8) is 0 Å². The lowest BCUT2D eigenvalue weighted by atomic mass is 10.1. The van der Waals surface area contributed by atoms with Gasteiger partial charge in [0.15, 0.2) is 11.6 Å². The van der Waals surface area contributed by atoms with Crippen molar-refractivity contribution < 1.29 is 13.5 Å². The van der Waals surface area contributed by atoms with E-state index >= 15 is 0 Å². The summed E-state index contributed by atoms with van der Waals surface area (Å²) in [5.41, 5.74) is 0. The van der Waals surface area contributed by atoms with Gasteiger partial charge in [0.25, 0.3) is 10.0 Å². The molecule has 1 heterocycles. The number of imidazole rings is 1. The fourth-order valence-corrected chi connectivity index (χ4v) is 5.10. The van der Waals surface area contributed by atoms with E-state index in [0.29, 0.717) is 10.4 Å². The van der Waals surface area contributed by atoms with Gasteiger partial charge in [0.1, 0.15) is 4.90 Å². The third kappa shape index (κ3) is 3.87. The lowest BCUT2D eigenvalue weighted by Gasteiger charge is -2.10. The number of aromatic nitrogens is 2. The van der Waals surface area contributed by atoms with E-state index in [9.17, 15) is 13.5 Å². The van der Waals surface area contributed by atoms with Crippen LogP contribution in [0.25, 0.3) is 0 Å². The smallest absolute Gasteiger partial charge is 0.266 e. The first-order valence-electron chi connectivity index (χ1n) is 7.58. The summed E-state index contributed by atoms with van der Waals surface area (Å²) in [7, 11) is -3.99. The molecule has 0 spiro atoms. The molecular formula is C15H17BrClN3O3S. The number of phenolic OH excluding ortho intramolecular Hbond substituents is 1. The summed E-state index contributed by atoms with van der Waals surface area (Å²) in [5.74, 6) is 0.345. The lowest BCUT2D eigenvalue weighted by Crippen LogP contribution is -2.13. The van der Waals surface area contributed by atoms with Gasteiger partial charge in [0.2, 0.25) is 0 Å². The van der Waals surface area contributed by atoms with Crippen molar-refractivity contribution in [1.29, 1.82) is 0 Å². The number of nitrogens with one attached hydrogen (secondary N) is 1. The zero-order chi connectivity index (χ0) is 17.3. The van der Waals surface area contributed by atoms with Crippen LogP contribution >= 0.6 is 27.5 Å². The number of nitrogens with zero attached hydrogens (tertiary/aromatic N) is 2. The van der Waals surface area contributed by atoms with E-state index in [1.165, 1.54) is 37.8 Å². The van der Waals surface area contributed by atoms with Gasteiger partial charge < -0.3 is 9.67 Å². The van der Waals surface area contributed by atoms with Crippen molar-refractivity contribution in [2.75, 3.05) is 4.72 Å². The second-order valence-corrected chi connectivity index (χ2v) is 8.92. The number of hydrogen-bond acceptors (Lipinski definition) is 4. The third-order valence-corrected chi connectivity index (χ3v) is 6.21. The van der Waals surface area contributed by atoms with E-state index in [4.69, 9.17) is 11.6 Å². The van der Waals surface area contributed by atoms with Gasteiger partial charge in [-0.3, -0.25) is 4.72 Å². The van der Waals surface area contributed by atoms with Crippen molar-refractivity contribution >= 4 is 43.4 Å². The highest BCUT2D eigenvalue weighted by atomic mass is 79.9. The van der Waals surface area contributed by atoms with Gasteiger partial charge in [-0.2, -0.15) is 0 Å². The monoisotopic (exact) mass is 433 g/mol. The Bertz CT molecular complexity index is 848. The molecule has 0 amide bonds. The zero-order valence-electron chi connectivity index (χ0n) is 12.7. The van der Waals surface area contributed by atoms with Crippen LogP contribution in [-0.2, 0) is 16.6 Å². The molecule has 24 heavy (non-hydrogen) atoms. The van der Waals surface area contributed by atoms with Gasteiger partial charge in [0, 0.05) is 17.2 Å². The Morgan fingerprint density at radius 1 is 1.38 bits per heavy atom. The molecule has 1 aliphatic rings. The molecule has 0 aliphatic heterocycles. The molecular weight excluding hydrogens is 418 g/mol. The molecule has 0 radical (unpaired) electrons. The minimum Gasteiger partial charge on any atom is -0.505 e. The maximum Gasteiger partial charge on any atom is 0.266 e. The van der Waals surface area contributed by atoms with E-state index < -0.39 is 15.8 Å². The molecule has 1 aromatic carbocycles. The van der Waals surface area contributed by atoms with E-state index in [2.05, 4.69) is 25.6 Å². The van der Waals surface area contributed by atoms with Crippen LogP contribution in [0.4, 0.5) is 5.82 Å². The fourth-order valence-electron chi connectivity index (χ4n) is 2.94. The first kappa shape index (κ1) is 17.6. The average Bonchev–Trinajstić information content (AvgIpc) is 3.15. The topological polar surface area (TPSA) is 84.2 Å². The molecule has 1 aliphatic carbocycles. The van der Waals surface area contributed by atoms with Crippen molar-refractivity contribution in [3.8, 4) is 5.75 Å². The van der Waals surface area contributed by atoms with Gasteiger partial charge in [-0.05, 0) is 30.9 Å². The van der Waals surface area contributed by atoms with Gasteiger partial charge >= 0.3 is 0 Å². The molecule has 2 N–H and O–H groups in total. The SMILES string of the molecule is O=S(=O)(Nc1cn(CC2CCCC2)cn1)c1cc(Br)cc(Cl)c1O. The normalized spacial score (nSPS) is 15.8. The van der Waals surface area contributed by atoms with Crippen LogP contribution in [0.5, 0.6) is 5.75 Å². The second kappa shape index (κ2) is 6.93. The van der Waals surface area contributed by atoms with Crippen LogP contribution in [0.1, 0.15) is 25.7 Å². The highest BCUT2D eigenvalue weighted by molar-refractivity contribution is 9.10. The second-order valence-electron chi connectivity index (χ2n) is 5.95. The molecule has 2 aromatic rings. The van der Waals surface area contributed by atoms with Crippen molar-refractivity contribution in [2.45, 2.75) is 37.1 Å². The first-order chi connectivity index (χ1) is 11.3. The average molecular weight is 435 g/mol. The molecule has 3 rings (SSSR count). The van der Waals surface area contributed by atoms with E-state index in [-0.39, 0.29) is 15.7 Å². The van der Waals surface area contributed by atoms with Crippen molar-refractivity contribution in [1.82, 2.24) is 9.55 Å². The zero-order valence-corrected chi connectivity index (χ0v) is 15.9. The standard InChI is InChI=1S/C15H17BrClN3O3S/c16-11-5-12(17)15(21)13(6-11)24(22,23)19-14-8-20(9-18-14)7-10-3-1-2-4-10/h5-6,8-10,19,21H,1-4,7H2. The predicted octanol–water partition coefficient (Wildman–Crippen LogP) is 4.00. The Labute approximate surface area is 154 Å². The molecule has 1 aromatic heterocycles. The summed E-state index contributed by atoms with van der Waals surface area (Å²) in [6.45, 7) is 0.836. The van der Waals surface area contributed by atoms with Gasteiger partial charge in [0.05, 0.1) is 11.3 Å². The van der Waals surface area contributed by atoms with Crippen LogP contribution in [0.15, 0.2) is 34.0 Å². The lowest BCUT2D eigenvalue weighted by molar-refractivity contribution is 0.457. The summed E-state index contributed by atoms with van der Waals surface area (Å²) in [4.78, 5) is 3.79. The Kier molecular flexibility index (Phi) is 5.08. The van der Waals surface area contributed by atoms with E-state index in [0.717, 1.165) is 6.54 Å². The maximum atomic E-state index is 12.5. The Balaban J connectivity index is 1.79. The largest absolute Gasteiger partial charge is 0.505 e. The summed E-state index contributed by atoms with van der Waals surface area (Å²) in [6, 6.07) is 2.71. The van der Waals surface area contributed by atoms with Crippen LogP contribution in [0, 0.1) is 5.92 Å². The van der Waals surface area contributed by atoms with Crippen LogP contribution in [0.2, 0.25) is 5.02 Å². The molecule has 0 bridgehead atoms. The number of benzene rings is 1. The van der Waals surface area contributed by atoms with Crippen LogP contribution < -0.4 is 4.72 Å². The van der Waals surface area contributed by atoms with Gasteiger partial charge in [-0.1, -0.05) is 40.4 Å². The number of halogens is 2. The molecule has 0 saturated heterocycles. The predicted molar refractivity (Wildman–Crippen MR) is 95.8 cm³/mol. The number of aromatic hydroxyl groups is 1. The fraction of sp³-hybridized carbons (Fsp3) is 0.400. The Hall–Kier alpha value is -1.25. The number of sulfonamides is 1. The summed E-state index contributed by atoms with van der Waals surface area (Å²) in [6.07, 6.45) is 8.17. The minimum absolute atomic E-state index is 0.0449. The first-order valence-corrected chi connectivity index (χ1v) is 10.2. The van der Waals surface area contributed by atoms with Crippen LogP contribution in [0.3, 0.4) is 0 Å². The van der Waals surface area contributed by atoms with Crippen molar-refractivity contribution in [3.05, 3.63) is 34.2 Å². The van der Waals surface area contributed by atoms with E-state index in [1.54, 1.807) is 12.5 Å². The molecule has 130 valence electrons. The Morgan fingerprint density at radius 2 is 2.08 bits per heavy atom. The molecule has 0 unspecified atom stereocenters. The summed E-state index contributed by atoms with van der Waals surface area (Å²) >= 11 is 9.01. The number of anilines is 1. The molecule has 0 atom stereocenters. The summed E-state index contributed by atoms with van der Waals surface area (Å²) < 4.78 is 29.7. The van der Waals surface area contributed by atoms with Crippen LogP contribution in [-0.4, -0.2) is 23.1 Å². The number of hydrogen-bond donors (Lipinski definition) is 2. The van der Waals surface area contributed by atoms with Gasteiger partial charge in [-0.25, -0.2) is 13.4 Å². The van der Waals surface area contributed by atoms with E-state index in [1.807, 2.05) is 4.57 Å². The number of phenols is 1. The van der Waals surface area contributed by atoms with Crippen molar-refractivity contribution in [2.24, 2.45) is 5.92 Å². The van der Waals surface area contributed by atoms with Gasteiger partial charge in [-0.15, -0.1) is 0 Å². The molecule has 1 fully saturated rings. The number of rotatable bonds is 5. The highest BCUT2D eigenvalue weighted by Gasteiger charge is 2.23. The minimum atomic E-state index is -3.99. The quantitative estimate of drug-likeness (QED) is 0.745. The molecule has 9 heteroatoms. The third-order valence-electron chi connectivity index (χ3n) is 4.10. The summed E-state index contributed by atoms with van der Waals surface area (Å²) in [5, 5.41) is 9.89.